The lowest BCUT2D eigenvalue weighted by Crippen LogP contribution is -2.14. The number of nitrogens with one attached hydrogen (secondary N) is 2. The van der Waals surface area contributed by atoms with E-state index in [-0.39, 0.29) is 17.7 Å². The van der Waals surface area contributed by atoms with Gasteiger partial charge < -0.3 is 15.1 Å². The Labute approximate surface area is 122 Å². The Hall–Kier alpha value is -2.56. The summed E-state index contributed by atoms with van der Waals surface area (Å²) in [4.78, 5) is 23.8. The molecule has 5 heteroatoms. The summed E-state index contributed by atoms with van der Waals surface area (Å²) in [5.41, 5.74) is 2.08. The van der Waals surface area contributed by atoms with Crippen LogP contribution in [0.1, 0.15) is 29.0 Å². The smallest absolute Gasteiger partial charge is 0.291 e. The van der Waals surface area contributed by atoms with Crippen LogP contribution in [0.15, 0.2) is 41.0 Å². The number of furan rings is 1. The number of anilines is 2. The van der Waals surface area contributed by atoms with Gasteiger partial charge in [-0.2, -0.15) is 0 Å². The maximum atomic E-state index is 12.1. The maximum Gasteiger partial charge on any atom is 0.291 e. The Morgan fingerprint density at radius 1 is 1.14 bits per heavy atom. The Morgan fingerprint density at radius 2 is 1.86 bits per heavy atom. The summed E-state index contributed by atoms with van der Waals surface area (Å²) in [7, 11) is 0. The summed E-state index contributed by atoms with van der Waals surface area (Å²) in [5, 5.41) is 5.61. The molecule has 2 amide bonds. The Bertz CT molecular complexity index is 686. The van der Waals surface area contributed by atoms with E-state index in [4.69, 9.17) is 4.42 Å². The van der Waals surface area contributed by atoms with E-state index >= 15 is 0 Å². The highest BCUT2D eigenvalue weighted by Crippen LogP contribution is 2.30. The molecule has 0 unspecified atom stereocenters. The van der Waals surface area contributed by atoms with Gasteiger partial charge in [-0.05, 0) is 44.0 Å². The van der Waals surface area contributed by atoms with E-state index in [2.05, 4.69) is 10.6 Å². The lowest BCUT2D eigenvalue weighted by atomic mass is 10.2. The molecule has 5 nitrogen and oxygen atoms in total. The molecule has 108 valence electrons. The molecule has 3 rings (SSSR count). The minimum atomic E-state index is -0.303. The van der Waals surface area contributed by atoms with E-state index in [1.54, 1.807) is 30.3 Å². The molecule has 1 aromatic carbocycles. The predicted molar refractivity (Wildman–Crippen MR) is 79.2 cm³/mol. The van der Waals surface area contributed by atoms with Crippen molar-refractivity contribution in [3.8, 4) is 0 Å². The molecule has 2 N–H and O–H groups in total. The van der Waals surface area contributed by atoms with E-state index in [1.165, 1.54) is 6.26 Å². The highest BCUT2D eigenvalue weighted by Gasteiger charge is 2.29. The van der Waals surface area contributed by atoms with Crippen LogP contribution >= 0.6 is 0 Å². The molecule has 21 heavy (non-hydrogen) atoms. The van der Waals surface area contributed by atoms with E-state index in [1.807, 2.05) is 6.92 Å². The average molecular weight is 284 g/mol. The van der Waals surface area contributed by atoms with Crippen molar-refractivity contribution in [2.24, 2.45) is 5.92 Å². The second-order valence-corrected chi connectivity index (χ2v) is 5.23. The fourth-order valence-corrected chi connectivity index (χ4v) is 2.06. The Morgan fingerprint density at radius 3 is 2.48 bits per heavy atom. The van der Waals surface area contributed by atoms with E-state index in [9.17, 15) is 9.59 Å². The third-order valence-electron chi connectivity index (χ3n) is 3.40. The highest BCUT2D eigenvalue weighted by atomic mass is 16.3. The summed E-state index contributed by atoms with van der Waals surface area (Å²) < 4.78 is 5.15. The molecular weight excluding hydrogens is 268 g/mol. The van der Waals surface area contributed by atoms with Crippen molar-refractivity contribution in [3.05, 3.63) is 47.9 Å². The molecular formula is C16H16N2O3. The number of hydrogen-bond acceptors (Lipinski definition) is 3. The van der Waals surface area contributed by atoms with Crippen LogP contribution in [0.3, 0.4) is 0 Å². The maximum absolute atomic E-state index is 12.1. The van der Waals surface area contributed by atoms with Crippen LogP contribution in [-0.4, -0.2) is 11.8 Å². The zero-order valence-corrected chi connectivity index (χ0v) is 11.7. The quantitative estimate of drug-likeness (QED) is 0.905. The third-order valence-corrected chi connectivity index (χ3v) is 3.40. The molecule has 0 saturated heterocycles. The molecule has 1 fully saturated rings. The van der Waals surface area contributed by atoms with Crippen molar-refractivity contribution in [1.29, 1.82) is 0 Å². The third kappa shape index (κ3) is 3.13. The minimum Gasteiger partial charge on any atom is -0.459 e. The van der Waals surface area contributed by atoms with Crippen molar-refractivity contribution >= 4 is 23.2 Å². The van der Waals surface area contributed by atoms with Crippen LogP contribution in [-0.2, 0) is 4.79 Å². The number of aryl methyl sites for hydroxylation is 1. The van der Waals surface area contributed by atoms with Crippen LogP contribution in [0.5, 0.6) is 0 Å². The van der Waals surface area contributed by atoms with Crippen molar-refractivity contribution in [2.45, 2.75) is 19.8 Å². The topological polar surface area (TPSA) is 71.3 Å². The van der Waals surface area contributed by atoms with Crippen LogP contribution in [0.2, 0.25) is 0 Å². The number of benzene rings is 1. The van der Waals surface area contributed by atoms with Gasteiger partial charge in [-0.1, -0.05) is 6.07 Å². The largest absolute Gasteiger partial charge is 0.459 e. The standard InChI is InChI=1S/C16H16N2O3/c1-10-7-8-21-14(10)16(20)18-13-4-2-3-12(9-13)17-15(19)11-5-6-11/h2-4,7-9,11H,5-6H2,1H3,(H,17,19)(H,18,20). The Kier molecular flexibility index (Phi) is 3.48. The van der Waals surface area contributed by atoms with Gasteiger partial charge >= 0.3 is 0 Å². The van der Waals surface area contributed by atoms with Gasteiger partial charge in [-0.15, -0.1) is 0 Å². The molecule has 0 atom stereocenters. The van der Waals surface area contributed by atoms with Gasteiger partial charge in [0, 0.05) is 22.9 Å². The first-order chi connectivity index (χ1) is 10.1. The first kappa shape index (κ1) is 13.4. The summed E-state index contributed by atoms with van der Waals surface area (Å²) in [5.74, 6) is 0.181. The lowest BCUT2D eigenvalue weighted by Gasteiger charge is -2.08. The normalized spacial score (nSPS) is 13.8. The summed E-state index contributed by atoms with van der Waals surface area (Å²) in [6.07, 6.45) is 3.40. The summed E-state index contributed by atoms with van der Waals surface area (Å²) in [6.45, 7) is 1.81. The van der Waals surface area contributed by atoms with E-state index < -0.39 is 0 Å². The molecule has 1 saturated carbocycles. The van der Waals surface area contributed by atoms with Gasteiger partial charge in [0.05, 0.1) is 6.26 Å². The highest BCUT2D eigenvalue weighted by molar-refractivity contribution is 6.03. The number of rotatable bonds is 4. The van der Waals surface area contributed by atoms with Gasteiger partial charge in [-0.3, -0.25) is 9.59 Å². The molecule has 1 aromatic heterocycles. The summed E-state index contributed by atoms with van der Waals surface area (Å²) >= 11 is 0. The SMILES string of the molecule is Cc1ccoc1C(=O)Nc1cccc(NC(=O)C2CC2)c1. The first-order valence-corrected chi connectivity index (χ1v) is 6.90. The molecule has 0 aliphatic heterocycles. The second-order valence-electron chi connectivity index (χ2n) is 5.23. The molecule has 2 aromatic rings. The van der Waals surface area contributed by atoms with Crippen LogP contribution in [0.4, 0.5) is 11.4 Å². The zero-order valence-electron chi connectivity index (χ0n) is 11.7. The number of carbonyl (C=O) groups is 2. The van der Waals surface area contributed by atoms with Gasteiger partial charge in [0.15, 0.2) is 5.76 Å². The fourth-order valence-electron chi connectivity index (χ4n) is 2.06. The molecule has 1 aliphatic carbocycles. The number of amides is 2. The van der Waals surface area contributed by atoms with Crippen molar-refractivity contribution in [3.63, 3.8) is 0 Å². The molecule has 0 spiro atoms. The second kappa shape index (κ2) is 5.44. The lowest BCUT2D eigenvalue weighted by molar-refractivity contribution is -0.117. The van der Waals surface area contributed by atoms with Crippen LogP contribution in [0, 0.1) is 12.8 Å². The minimum absolute atomic E-state index is 0.0420. The van der Waals surface area contributed by atoms with Crippen LogP contribution < -0.4 is 10.6 Å². The van der Waals surface area contributed by atoms with E-state index in [0.29, 0.717) is 17.1 Å². The predicted octanol–water partition coefficient (Wildman–Crippen LogP) is 3.19. The van der Waals surface area contributed by atoms with Gasteiger partial charge in [-0.25, -0.2) is 0 Å². The molecule has 1 aliphatic rings. The van der Waals surface area contributed by atoms with Crippen LogP contribution in [0.25, 0.3) is 0 Å². The fraction of sp³-hybridized carbons (Fsp3) is 0.250. The van der Waals surface area contributed by atoms with Gasteiger partial charge in [0.2, 0.25) is 5.91 Å². The Balaban J connectivity index is 1.69. The van der Waals surface area contributed by atoms with Crippen molar-refractivity contribution < 1.29 is 14.0 Å². The number of carbonyl (C=O) groups excluding carboxylic acids is 2. The zero-order chi connectivity index (χ0) is 14.8. The molecule has 1 heterocycles. The average Bonchev–Trinajstić information content (AvgIpc) is 3.21. The van der Waals surface area contributed by atoms with Gasteiger partial charge in [0.25, 0.3) is 5.91 Å². The monoisotopic (exact) mass is 284 g/mol. The van der Waals surface area contributed by atoms with Crippen molar-refractivity contribution in [2.75, 3.05) is 10.6 Å². The molecule has 0 radical (unpaired) electrons. The van der Waals surface area contributed by atoms with Gasteiger partial charge in [0.1, 0.15) is 0 Å². The first-order valence-electron chi connectivity index (χ1n) is 6.90. The molecule has 0 bridgehead atoms. The van der Waals surface area contributed by atoms with E-state index in [0.717, 1.165) is 18.4 Å². The van der Waals surface area contributed by atoms with Crippen molar-refractivity contribution in [1.82, 2.24) is 0 Å². The summed E-state index contributed by atoms with van der Waals surface area (Å²) in [6, 6.07) is 8.82. The number of hydrogen-bond donors (Lipinski definition) is 2.